The first-order valence-electron chi connectivity index (χ1n) is 10.3. The lowest BCUT2D eigenvalue weighted by atomic mass is 10.2. The van der Waals surface area contributed by atoms with Crippen LogP contribution in [0.5, 0.6) is 0 Å². The van der Waals surface area contributed by atoms with Crippen LogP contribution in [0.15, 0.2) is 53.4 Å². The number of hydrogen-bond acceptors (Lipinski definition) is 5. The van der Waals surface area contributed by atoms with Gasteiger partial charge in [0.1, 0.15) is 5.82 Å². The molecule has 0 saturated carbocycles. The number of carbonyl (C=O) groups is 2. The van der Waals surface area contributed by atoms with Crippen LogP contribution in [0.4, 0.5) is 4.39 Å². The largest absolute Gasteiger partial charge is 0.379 e. The van der Waals surface area contributed by atoms with Crippen molar-refractivity contribution in [2.75, 3.05) is 39.4 Å². The Bertz CT molecular complexity index is 1050. The first-order valence-corrected chi connectivity index (χ1v) is 11.7. The van der Waals surface area contributed by atoms with Gasteiger partial charge in [-0.15, -0.1) is 0 Å². The van der Waals surface area contributed by atoms with Gasteiger partial charge in [0.15, 0.2) is 0 Å². The molecule has 1 fully saturated rings. The molecule has 1 N–H and O–H groups in total. The van der Waals surface area contributed by atoms with Gasteiger partial charge in [-0.05, 0) is 36.8 Å². The Morgan fingerprint density at radius 2 is 1.75 bits per heavy atom. The topological polar surface area (TPSA) is 96.0 Å². The molecular weight excluding hydrogens is 437 g/mol. The summed E-state index contributed by atoms with van der Waals surface area (Å²) in [5, 5.41) is 2.69. The predicted octanol–water partition coefficient (Wildman–Crippen LogP) is 1.63. The number of amides is 2. The van der Waals surface area contributed by atoms with Gasteiger partial charge in [-0.1, -0.05) is 24.3 Å². The summed E-state index contributed by atoms with van der Waals surface area (Å²) >= 11 is 0. The molecule has 2 aromatic carbocycles. The molecule has 0 radical (unpaired) electrons. The molecule has 172 valence electrons. The van der Waals surface area contributed by atoms with Gasteiger partial charge in [0.05, 0.1) is 30.2 Å². The van der Waals surface area contributed by atoms with Gasteiger partial charge in [-0.25, -0.2) is 12.8 Å². The Morgan fingerprint density at radius 3 is 2.41 bits per heavy atom. The van der Waals surface area contributed by atoms with Gasteiger partial charge in [0.2, 0.25) is 15.9 Å². The third-order valence-corrected chi connectivity index (χ3v) is 7.07. The molecule has 0 bridgehead atoms. The van der Waals surface area contributed by atoms with E-state index in [2.05, 4.69) is 5.32 Å². The first kappa shape index (κ1) is 23.8. The molecule has 8 nitrogen and oxygen atoms in total. The molecule has 1 aliphatic heterocycles. The highest BCUT2D eigenvalue weighted by Gasteiger charge is 2.31. The summed E-state index contributed by atoms with van der Waals surface area (Å²) in [6, 6.07) is 11.7. The highest BCUT2D eigenvalue weighted by atomic mass is 32.2. The van der Waals surface area contributed by atoms with Crippen LogP contribution >= 0.6 is 0 Å². The summed E-state index contributed by atoms with van der Waals surface area (Å²) in [4.78, 5) is 26.8. The number of halogens is 1. The molecular formula is C22H26FN3O5S. The molecule has 1 saturated heterocycles. The zero-order valence-corrected chi connectivity index (χ0v) is 18.6. The Morgan fingerprint density at radius 1 is 1.09 bits per heavy atom. The number of ether oxygens (including phenoxy) is 1. The zero-order chi connectivity index (χ0) is 23.1. The van der Waals surface area contributed by atoms with E-state index in [1.165, 1.54) is 33.5 Å². The van der Waals surface area contributed by atoms with Crippen molar-refractivity contribution in [2.24, 2.45) is 0 Å². The van der Waals surface area contributed by atoms with Gasteiger partial charge in [-0.2, -0.15) is 4.31 Å². The van der Waals surface area contributed by atoms with E-state index in [0.717, 1.165) is 5.56 Å². The smallest absolute Gasteiger partial charge is 0.255 e. The normalized spacial score (nSPS) is 14.7. The van der Waals surface area contributed by atoms with Gasteiger partial charge in [-0.3, -0.25) is 9.59 Å². The SMILES string of the molecule is CCN(CC(=O)NCc1ccc(F)cc1)C(=O)c1ccccc1S(=O)(=O)N1CCOCC1. The lowest BCUT2D eigenvalue weighted by Gasteiger charge is -2.27. The Kier molecular flexibility index (Phi) is 7.94. The molecule has 0 unspecified atom stereocenters. The number of hydrogen-bond donors (Lipinski definition) is 1. The Balaban J connectivity index is 1.72. The van der Waals surface area contributed by atoms with E-state index in [0.29, 0.717) is 13.2 Å². The molecule has 2 amide bonds. The van der Waals surface area contributed by atoms with Crippen molar-refractivity contribution in [1.82, 2.24) is 14.5 Å². The molecule has 3 rings (SSSR count). The van der Waals surface area contributed by atoms with Crippen LogP contribution in [0, 0.1) is 5.82 Å². The molecule has 0 aromatic heterocycles. The summed E-state index contributed by atoms with van der Waals surface area (Å²) in [6.45, 7) is 2.91. The fraction of sp³-hybridized carbons (Fsp3) is 0.364. The van der Waals surface area contributed by atoms with Gasteiger partial charge in [0.25, 0.3) is 5.91 Å². The second-order valence-electron chi connectivity index (χ2n) is 7.24. The van der Waals surface area contributed by atoms with Gasteiger partial charge < -0.3 is 15.0 Å². The molecule has 10 heteroatoms. The van der Waals surface area contributed by atoms with Crippen LogP contribution in [0.1, 0.15) is 22.8 Å². The minimum atomic E-state index is -3.88. The highest BCUT2D eigenvalue weighted by molar-refractivity contribution is 7.89. The van der Waals surface area contributed by atoms with E-state index < -0.39 is 21.8 Å². The number of benzene rings is 2. The second-order valence-corrected chi connectivity index (χ2v) is 9.14. The van der Waals surface area contributed by atoms with Crippen molar-refractivity contribution in [3.63, 3.8) is 0 Å². The summed E-state index contributed by atoms with van der Waals surface area (Å²) < 4.78 is 45.8. The molecule has 2 aromatic rings. The second kappa shape index (κ2) is 10.7. The number of likely N-dealkylation sites (N-methyl/N-ethyl adjacent to an activating group) is 1. The molecule has 1 aliphatic rings. The fourth-order valence-corrected chi connectivity index (χ4v) is 4.92. The number of nitrogens with zero attached hydrogens (tertiary/aromatic N) is 2. The Labute approximate surface area is 187 Å². The maximum Gasteiger partial charge on any atom is 0.255 e. The number of carbonyl (C=O) groups excluding carboxylic acids is 2. The third-order valence-electron chi connectivity index (χ3n) is 5.11. The molecule has 1 heterocycles. The number of sulfonamides is 1. The number of nitrogens with one attached hydrogen (secondary N) is 1. The van der Waals surface area contributed by atoms with Gasteiger partial charge >= 0.3 is 0 Å². The van der Waals surface area contributed by atoms with E-state index in [-0.39, 0.29) is 49.0 Å². The monoisotopic (exact) mass is 463 g/mol. The maximum absolute atomic E-state index is 13.2. The predicted molar refractivity (Wildman–Crippen MR) is 116 cm³/mol. The van der Waals surface area contributed by atoms with E-state index in [4.69, 9.17) is 4.74 Å². The van der Waals surface area contributed by atoms with Crippen molar-refractivity contribution in [3.05, 3.63) is 65.5 Å². The van der Waals surface area contributed by atoms with E-state index in [1.54, 1.807) is 31.2 Å². The van der Waals surface area contributed by atoms with Crippen LogP contribution in [0.2, 0.25) is 0 Å². The average molecular weight is 464 g/mol. The summed E-state index contributed by atoms with van der Waals surface area (Å²) in [6.07, 6.45) is 0. The molecule has 0 aliphatic carbocycles. The summed E-state index contributed by atoms with van der Waals surface area (Å²) in [5.74, 6) is -1.32. The Hall–Kier alpha value is -2.82. The fourth-order valence-electron chi connectivity index (χ4n) is 3.32. The van der Waals surface area contributed by atoms with Crippen LogP contribution < -0.4 is 5.32 Å². The summed E-state index contributed by atoms with van der Waals surface area (Å²) in [5.41, 5.74) is 0.739. The number of morpholine rings is 1. The van der Waals surface area contributed by atoms with Crippen molar-refractivity contribution < 1.29 is 27.1 Å². The van der Waals surface area contributed by atoms with Crippen molar-refractivity contribution in [2.45, 2.75) is 18.4 Å². The molecule has 32 heavy (non-hydrogen) atoms. The average Bonchev–Trinajstić information content (AvgIpc) is 2.82. The van der Waals surface area contributed by atoms with Crippen molar-refractivity contribution >= 4 is 21.8 Å². The minimum Gasteiger partial charge on any atom is -0.379 e. The van der Waals surface area contributed by atoms with Gasteiger partial charge in [0, 0.05) is 26.2 Å². The van der Waals surface area contributed by atoms with E-state index in [9.17, 15) is 22.4 Å². The lowest BCUT2D eigenvalue weighted by molar-refractivity contribution is -0.121. The van der Waals surface area contributed by atoms with Crippen LogP contribution in [0.3, 0.4) is 0 Å². The van der Waals surface area contributed by atoms with Crippen LogP contribution in [-0.4, -0.2) is 68.8 Å². The van der Waals surface area contributed by atoms with Crippen molar-refractivity contribution in [3.8, 4) is 0 Å². The van der Waals surface area contributed by atoms with E-state index >= 15 is 0 Å². The maximum atomic E-state index is 13.2. The van der Waals surface area contributed by atoms with Crippen molar-refractivity contribution in [1.29, 1.82) is 0 Å². The minimum absolute atomic E-state index is 0.0205. The first-order chi connectivity index (χ1) is 15.3. The zero-order valence-electron chi connectivity index (χ0n) is 17.8. The molecule has 0 spiro atoms. The standard InChI is InChI=1S/C22H26FN3O5S/c1-2-25(16-21(27)24-15-17-7-9-18(23)10-8-17)22(28)19-5-3-4-6-20(19)32(29,30)26-11-13-31-14-12-26/h3-10H,2,11-16H2,1H3,(H,24,27). The molecule has 0 atom stereocenters. The quantitative estimate of drug-likeness (QED) is 0.642. The van der Waals surface area contributed by atoms with E-state index in [1.807, 2.05) is 0 Å². The highest BCUT2D eigenvalue weighted by Crippen LogP contribution is 2.22. The number of rotatable bonds is 8. The van der Waals surface area contributed by atoms with Crippen LogP contribution in [0.25, 0.3) is 0 Å². The third kappa shape index (κ3) is 5.70. The van der Waals surface area contributed by atoms with Crippen LogP contribution in [-0.2, 0) is 26.1 Å². The lowest BCUT2D eigenvalue weighted by Crippen LogP contribution is -2.43. The summed E-state index contributed by atoms with van der Waals surface area (Å²) in [7, 11) is -3.88.